The molecule has 78 valence electrons. The summed E-state index contributed by atoms with van der Waals surface area (Å²) < 4.78 is 0. The largest absolute Gasteiger partial charge is 0.297 e. The molecule has 1 aromatic carbocycles. The molecule has 0 aliphatic carbocycles. The van der Waals surface area contributed by atoms with Gasteiger partial charge in [-0.3, -0.25) is 4.90 Å². The molecule has 0 saturated heterocycles. The number of benzene rings is 1. The van der Waals surface area contributed by atoms with Gasteiger partial charge in [0.25, 0.3) is 0 Å². The van der Waals surface area contributed by atoms with Crippen LogP contribution in [0.2, 0.25) is 0 Å². The maximum atomic E-state index is 2.33. The van der Waals surface area contributed by atoms with Crippen molar-refractivity contribution in [3.05, 3.63) is 58.3 Å². The maximum absolute atomic E-state index is 2.33. The maximum Gasteiger partial charge on any atom is 0.0328 e. The smallest absolute Gasteiger partial charge is 0.0328 e. The van der Waals surface area contributed by atoms with Crippen molar-refractivity contribution in [3.8, 4) is 0 Å². The molecule has 0 aliphatic rings. The van der Waals surface area contributed by atoms with Crippen LogP contribution in [0.1, 0.15) is 10.4 Å². The van der Waals surface area contributed by atoms with Crippen LogP contribution in [-0.4, -0.2) is 11.9 Å². The van der Waals surface area contributed by atoms with E-state index in [9.17, 15) is 0 Å². The fourth-order valence-corrected chi connectivity index (χ4v) is 2.40. The predicted octanol–water partition coefficient (Wildman–Crippen LogP) is 3.38. The number of rotatable bonds is 4. The van der Waals surface area contributed by atoms with Gasteiger partial charge < -0.3 is 0 Å². The molecule has 2 rings (SSSR count). The minimum atomic E-state index is 1.01. The first-order valence-electron chi connectivity index (χ1n) is 5.09. The molecule has 0 bridgehead atoms. The average Bonchev–Trinajstić information content (AvgIpc) is 2.71. The van der Waals surface area contributed by atoms with E-state index in [4.69, 9.17) is 0 Å². The molecule has 0 fully saturated rings. The summed E-state index contributed by atoms with van der Waals surface area (Å²) in [4.78, 5) is 3.76. The van der Waals surface area contributed by atoms with Crippen LogP contribution in [0, 0.1) is 0 Å². The second kappa shape index (κ2) is 5.10. The van der Waals surface area contributed by atoms with Crippen molar-refractivity contribution < 1.29 is 0 Å². The number of nitrogens with zero attached hydrogens (tertiary/aromatic N) is 1. The van der Waals surface area contributed by atoms with E-state index in [1.165, 1.54) is 10.4 Å². The average molecular weight is 217 g/mol. The lowest BCUT2D eigenvalue weighted by atomic mass is 10.2. The van der Waals surface area contributed by atoms with Crippen molar-refractivity contribution in [1.29, 1.82) is 0 Å². The van der Waals surface area contributed by atoms with Gasteiger partial charge in [0.2, 0.25) is 0 Å². The molecule has 0 saturated carbocycles. The van der Waals surface area contributed by atoms with Gasteiger partial charge in [-0.2, -0.15) is 0 Å². The van der Waals surface area contributed by atoms with E-state index in [1.807, 2.05) is 11.3 Å². The lowest BCUT2D eigenvalue weighted by molar-refractivity contribution is 0.322. The lowest BCUT2D eigenvalue weighted by Crippen LogP contribution is -2.16. The van der Waals surface area contributed by atoms with Crippen LogP contribution < -0.4 is 0 Å². The standard InChI is InChI=1S/C13H15NS/c1-14(11-13-8-5-9-15-13)10-12-6-3-2-4-7-12/h2-9H,10-11H2,1H3. The van der Waals surface area contributed by atoms with Gasteiger partial charge in [0, 0.05) is 18.0 Å². The summed E-state index contributed by atoms with van der Waals surface area (Å²) in [6.07, 6.45) is 0. The summed E-state index contributed by atoms with van der Waals surface area (Å²) in [6.45, 7) is 2.05. The van der Waals surface area contributed by atoms with Crippen LogP contribution in [0.3, 0.4) is 0 Å². The Morgan fingerprint density at radius 1 is 1.00 bits per heavy atom. The third-order valence-electron chi connectivity index (χ3n) is 2.30. The summed E-state index contributed by atoms with van der Waals surface area (Å²) in [7, 11) is 2.16. The highest BCUT2D eigenvalue weighted by molar-refractivity contribution is 7.09. The summed E-state index contributed by atoms with van der Waals surface area (Å²) >= 11 is 1.82. The summed E-state index contributed by atoms with van der Waals surface area (Å²) in [5, 5.41) is 2.13. The Morgan fingerprint density at radius 2 is 1.80 bits per heavy atom. The third kappa shape index (κ3) is 3.18. The summed E-state index contributed by atoms with van der Waals surface area (Å²) in [5.41, 5.74) is 1.37. The van der Waals surface area contributed by atoms with Gasteiger partial charge in [-0.25, -0.2) is 0 Å². The number of hydrogen-bond donors (Lipinski definition) is 0. The molecule has 1 heterocycles. The molecule has 15 heavy (non-hydrogen) atoms. The molecule has 0 N–H and O–H groups in total. The van der Waals surface area contributed by atoms with Gasteiger partial charge in [-0.05, 0) is 24.1 Å². The van der Waals surface area contributed by atoms with Crippen LogP contribution in [-0.2, 0) is 13.1 Å². The zero-order chi connectivity index (χ0) is 10.5. The van der Waals surface area contributed by atoms with E-state index in [2.05, 4.69) is 59.8 Å². The first-order valence-corrected chi connectivity index (χ1v) is 5.97. The fourth-order valence-electron chi connectivity index (χ4n) is 1.62. The highest BCUT2D eigenvalue weighted by Gasteiger charge is 2.01. The fraction of sp³-hybridized carbons (Fsp3) is 0.231. The Balaban J connectivity index is 1.90. The van der Waals surface area contributed by atoms with Crippen LogP contribution >= 0.6 is 11.3 Å². The molecular formula is C13H15NS. The normalized spacial score (nSPS) is 10.8. The zero-order valence-electron chi connectivity index (χ0n) is 8.89. The van der Waals surface area contributed by atoms with Gasteiger partial charge in [-0.1, -0.05) is 36.4 Å². The Morgan fingerprint density at radius 3 is 2.47 bits per heavy atom. The molecule has 2 aromatic rings. The van der Waals surface area contributed by atoms with Crippen molar-refractivity contribution in [2.45, 2.75) is 13.1 Å². The Hall–Kier alpha value is -1.12. The predicted molar refractivity (Wildman–Crippen MR) is 65.9 cm³/mol. The first kappa shape index (κ1) is 10.4. The van der Waals surface area contributed by atoms with Crippen LogP contribution in [0.5, 0.6) is 0 Å². The van der Waals surface area contributed by atoms with Gasteiger partial charge >= 0.3 is 0 Å². The summed E-state index contributed by atoms with van der Waals surface area (Å²) in [5.74, 6) is 0. The van der Waals surface area contributed by atoms with Gasteiger partial charge in [0.1, 0.15) is 0 Å². The van der Waals surface area contributed by atoms with E-state index < -0.39 is 0 Å². The molecule has 0 aliphatic heterocycles. The van der Waals surface area contributed by atoms with Crippen molar-refractivity contribution in [3.63, 3.8) is 0 Å². The van der Waals surface area contributed by atoms with Gasteiger partial charge in [-0.15, -0.1) is 11.3 Å². The van der Waals surface area contributed by atoms with Crippen LogP contribution in [0.25, 0.3) is 0 Å². The number of hydrogen-bond acceptors (Lipinski definition) is 2. The molecule has 1 nitrogen and oxygen atoms in total. The van der Waals surface area contributed by atoms with E-state index >= 15 is 0 Å². The molecule has 0 spiro atoms. The first-order chi connectivity index (χ1) is 7.34. The molecule has 0 amide bonds. The lowest BCUT2D eigenvalue weighted by Gasteiger charge is -2.15. The molecule has 0 radical (unpaired) electrons. The van der Waals surface area contributed by atoms with E-state index in [-0.39, 0.29) is 0 Å². The van der Waals surface area contributed by atoms with E-state index in [0.29, 0.717) is 0 Å². The number of thiophene rings is 1. The molecule has 1 aromatic heterocycles. The Bertz CT molecular complexity index is 380. The molecule has 0 atom stereocenters. The topological polar surface area (TPSA) is 3.24 Å². The van der Waals surface area contributed by atoms with Crippen LogP contribution in [0.15, 0.2) is 47.8 Å². The highest BCUT2D eigenvalue weighted by atomic mass is 32.1. The van der Waals surface area contributed by atoms with Crippen molar-refractivity contribution in [2.75, 3.05) is 7.05 Å². The van der Waals surface area contributed by atoms with Gasteiger partial charge in [0.15, 0.2) is 0 Å². The minimum Gasteiger partial charge on any atom is -0.297 e. The zero-order valence-corrected chi connectivity index (χ0v) is 9.70. The summed E-state index contributed by atoms with van der Waals surface area (Å²) in [6, 6.07) is 14.9. The molecule has 0 unspecified atom stereocenters. The second-order valence-electron chi connectivity index (χ2n) is 3.74. The Kier molecular flexibility index (Phi) is 3.54. The van der Waals surface area contributed by atoms with Crippen LogP contribution in [0.4, 0.5) is 0 Å². The second-order valence-corrected chi connectivity index (χ2v) is 4.77. The minimum absolute atomic E-state index is 1.01. The highest BCUT2D eigenvalue weighted by Crippen LogP contribution is 2.12. The SMILES string of the molecule is CN(Cc1ccccc1)Cc1cccs1. The molecular weight excluding hydrogens is 202 g/mol. The molecule has 2 heteroatoms. The quantitative estimate of drug-likeness (QED) is 0.759. The van der Waals surface area contributed by atoms with Crippen molar-refractivity contribution >= 4 is 11.3 Å². The third-order valence-corrected chi connectivity index (χ3v) is 3.16. The van der Waals surface area contributed by atoms with Gasteiger partial charge in [0.05, 0.1) is 0 Å². The van der Waals surface area contributed by atoms with E-state index in [1.54, 1.807) is 0 Å². The van der Waals surface area contributed by atoms with E-state index in [0.717, 1.165) is 13.1 Å². The van der Waals surface area contributed by atoms with Crippen molar-refractivity contribution in [2.24, 2.45) is 0 Å². The monoisotopic (exact) mass is 217 g/mol. The Labute approximate surface area is 95.0 Å². The van der Waals surface area contributed by atoms with Crippen molar-refractivity contribution in [1.82, 2.24) is 4.90 Å².